The number of anilines is 1. The van der Waals surface area contributed by atoms with E-state index in [1.807, 2.05) is 0 Å². The molecule has 2 amide bonds. The molecule has 1 aliphatic rings. The SMILES string of the molecule is CCOc1cc(/C=C2/SC(=O)N(c3cccc(O)c3)C2=O)ccc1OCCC(=O)O. The van der Waals surface area contributed by atoms with Crippen LogP contribution < -0.4 is 14.4 Å². The Labute approximate surface area is 176 Å². The topological polar surface area (TPSA) is 113 Å². The number of amides is 2. The zero-order valence-corrected chi connectivity index (χ0v) is 16.8. The molecule has 8 nitrogen and oxygen atoms in total. The van der Waals surface area contributed by atoms with E-state index >= 15 is 0 Å². The zero-order chi connectivity index (χ0) is 21.7. The number of phenolic OH excluding ortho intramolecular Hbond substituents is 1. The Morgan fingerprint density at radius 2 is 1.93 bits per heavy atom. The molecule has 2 aromatic carbocycles. The second-order valence-corrected chi connectivity index (χ2v) is 7.16. The number of aliphatic carboxylic acids is 1. The van der Waals surface area contributed by atoms with Gasteiger partial charge in [0.15, 0.2) is 11.5 Å². The van der Waals surface area contributed by atoms with Gasteiger partial charge in [-0.25, -0.2) is 4.90 Å². The summed E-state index contributed by atoms with van der Waals surface area (Å²) < 4.78 is 11.0. The van der Waals surface area contributed by atoms with Gasteiger partial charge in [0, 0.05) is 6.07 Å². The molecule has 0 bridgehead atoms. The van der Waals surface area contributed by atoms with E-state index in [0.29, 0.717) is 23.7 Å². The number of hydrogen-bond donors (Lipinski definition) is 2. The molecule has 1 saturated heterocycles. The summed E-state index contributed by atoms with van der Waals surface area (Å²) in [5.74, 6) is -0.704. The summed E-state index contributed by atoms with van der Waals surface area (Å²) in [5.41, 5.74) is 0.906. The van der Waals surface area contributed by atoms with Gasteiger partial charge in [0.05, 0.1) is 30.2 Å². The second kappa shape index (κ2) is 9.36. The lowest BCUT2D eigenvalue weighted by molar-refractivity contribution is -0.137. The molecule has 2 aromatic rings. The summed E-state index contributed by atoms with van der Waals surface area (Å²) in [6.07, 6.45) is 1.42. The van der Waals surface area contributed by atoms with Gasteiger partial charge in [-0.2, -0.15) is 0 Å². The molecule has 0 spiro atoms. The van der Waals surface area contributed by atoms with Gasteiger partial charge in [-0.3, -0.25) is 14.4 Å². The number of hydrogen-bond acceptors (Lipinski definition) is 7. The third kappa shape index (κ3) is 4.93. The molecule has 3 rings (SSSR count). The molecule has 156 valence electrons. The third-order valence-corrected chi connectivity index (χ3v) is 4.89. The predicted molar refractivity (Wildman–Crippen MR) is 112 cm³/mol. The first-order valence-electron chi connectivity index (χ1n) is 9.07. The number of aromatic hydroxyl groups is 1. The molecule has 1 fully saturated rings. The monoisotopic (exact) mass is 429 g/mol. The van der Waals surface area contributed by atoms with E-state index in [1.165, 1.54) is 12.1 Å². The lowest BCUT2D eigenvalue weighted by atomic mass is 10.1. The van der Waals surface area contributed by atoms with Gasteiger partial charge in [0.25, 0.3) is 11.1 Å². The number of ether oxygens (including phenoxy) is 2. The number of carbonyl (C=O) groups excluding carboxylic acids is 2. The van der Waals surface area contributed by atoms with Crippen LogP contribution >= 0.6 is 11.8 Å². The highest BCUT2D eigenvalue weighted by atomic mass is 32.2. The molecule has 0 unspecified atom stereocenters. The summed E-state index contributed by atoms with van der Waals surface area (Å²) in [6, 6.07) is 10.9. The molecule has 0 aromatic heterocycles. The molecule has 1 aliphatic heterocycles. The van der Waals surface area contributed by atoms with Crippen molar-refractivity contribution in [1.29, 1.82) is 0 Å². The number of phenols is 1. The molecule has 30 heavy (non-hydrogen) atoms. The normalized spacial score (nSPS) is 15.0. The van der Waals surface area contributed by atoms with Crippen molar-refractivity contribution in [2.24, 2.45) is 0 Å². The molecule has 1 heterocycles. The van der Waals surface area contributed by atoms with E-state index in [9.17, 15) is 19.5 Å². The first-order chi connectivity index (χ1) is 14.4. The standard InChI is InChI=1S/C21H19NO7S/c1-2-28-17-10-13(6-7-16(17)29-9-8-19(24)25)11-18-20(26)22(21(27)30-18)14-4-3-5-15(23)12-14/h3-7,10-12,23H,2,8-9H2,1H3,(H,24,25)/b18-11+. The van der Waals surface area contributed by atoms with Gasteiger partial charge in [-0.1, -0.05) is 12.1 Å². The van der Waals surface area contributed by atoms with Crippen LogP contribution in [0.25, 0.3) is 6.08 Å². The van der Waals surface area contributed by atoms with Crippen LogP contribution in [-0.2, 0) is 9.59 Å². The van der Waals surface area contributed by atoms with Crippen molar-refractivity contribution in [2.75, 3.05) is 18.1 Å². The molecule has 9 heteroatoms. The van der Waals surface area contributed by atoms with Crippen LogP contribution in [0.3, 0.4) is 0 Å². The van der Waals surface area contributed by atoms with Crippen LogP contribution in [0.1, 0.15) is 18.9 Å². The Morgan fingerprint density at radius 1 is 1.13 bits per heavy atom. The minimum Gasteiger partial charge on any atom is -0.508 e. The number of rotatable bonds is 8. The Hall–Kier alpha value is -3.46. The minimum absolute atomic E-state index is 0.00242. The fourth-order valence-electron chi connectivity index (χ4n) is 2.72. The van der Waals surface area contributed by atoms with Crippen LogP contribution in [0.2, 0.25) is 0 Å². The second-order valence-electron chi connectivity index (χ2n) is 6.17. The number of benzene rings is 2. The predicted octanol–water partition coefficient (Wildman–Crippen LogP) is 3.89. The summed E-state index contributed by atoms with van der Waals surface area (Å²) in [7, 11) is 0. The zero-order valence-electron chi connectivity index (χ0n) is 16.0. The van der Waals surface area contributed by atoms with Gasteiger partial charge in [0.2, 0.25) is 0 Å². The van der Waals surface area contributed by atoms with Crippen molar-refractivity contribution in [2.45, 2.75) is 13.3 Å². The summed E-state index contributed by atoms with van der Waals surface area (Å²) in [4.78, 5) is 37.0. The van der Waals surface area contributed by atoms with E-state index in [-0.39, 0.29) is 29.4 Å². The van der Waals surface area contributed by atoms with Gasteiger partial charge >= 0.3 is 5.97 Å². The third-order valence-electron chi connectivity index (χ3n) is 4.02. The van der Waals surface area contributed by atoms with E-state index in [4.69, 9.17) is 14.6 Å². The molecule has 0 saturated carbocycles. The first-order valence-corrected chi connectivity index (χ1v) is 9.89. The average Bonchev–Trinajstić information content (AvgIpc) is 2.96. The van der Waals surface area contributed by atoms with Crippen molar-refractivity contribution in [3.63, 3.8) is 0 Å². The molecule has 2 N–H and O–H groups in total. The Bertz CT molecular complexity index is 1020. The van der Waals surface area contributed by atoms with Crippen LogP contribution in [-0.4, -0.2) is 40.5 Å². The van der Waals surface area contributed by atoms with Crippen molar-refractivity contribution in [3.05, 3.63) is 52.9 Å². The largest absolute Gasteiger partial charge is 0.508 e. The molecular weight excluding hydrogens is 410 g/mol. The van der Waals surface area contributed by atoms with Gasteiger partial charge in [-0.15, -0.1) is 0 Å². The van der Waals surface area contributed by atoms with Gasteiger partial charge in [0.1, 0.15) is 5.75 Å². The minimum atomic E-state index is -0.966. The van der Waals surface area contributed by atoms with Gasteiger partial charge in [-0.05, 0) is 54.6 Å². The maximum Gasteiger partial charge on any atom is 0.306 e. The van der Waals surface area contributed by atoms with Crippen molar-refractivity contribution >= 4 is 40.6 Å². The smallest absolute Gasteiger partial charge is 0.306 e. The maximum atomic E-state index is 12.7. The highest BCUT2D eigenvalue weighted by Crippen LogP contribution is 2.37. The van der Waals surface area contributed by atoms with Crippen molar-refractivity contribution < 1.29 is 34.1 Å². The van der Waals surface area contributed by atoms with Crippen LogP contribution in [0.4, 0.5) is 10.5 Å². The number of nitrogens with zero attached hydrogens (tertiary/aromatic N) is 1. The van der Waals surface area contributed by atoms with Crippen LogP contribution in [0, 0.1) is 0 Å². The molecule has 0 atom stereocenters. The summed E-state index contributed by atoms with van der Waals surface area (Å²) in [6.45, 7) is 2.17. The Morgan fingerprint density at radius 3 is 2.63 bits per heavy atom. The van der Waals surface area contributed by atoms with Gasteiger partial charge < -0.3 is 19.7 Å². The van der Waals surface area contributed by atoms with E-state index in [1.54, 1.807) is 43.3 Å². The number of thioether (sulfide) groups is 1. The quantitative estimate of drug-likeness (QED) is 0.608. The van der Waals surface area contributed by atoms with Crippen molar-refractivity contribution in [3.8, 4) is 17.2 Å². The lowest BCUT2D eigenvalue weighted by Gasteiger charge is -2.13. The van der Waals surface area contributed by atoms with Crippen molar-refractivity contribution in [1.82, 2.24) is 0 Å². The molecular formula is C21H19NO7S. The highest BCUT2D eigenvalue weighted by molar-refractivity contribution is 8.19. The number of imide groups is 1. The highest BCUT2D eigenvalue weighted by Gasteiger charge is 2.36. The number of carbonyl (C=O) groups is 3. The molecule has 0 aliphatic carbocycles. The maximum absolute atomic E-state index is 12.7. The lowest BCUT2D eigenvalue weighted by Crippen LogP contribution is -2.27. The molecule has 0 radical (unpaired) electrons. The Balaban J connectivity index is 1.83. The van der Waals surface area contributed by atoms with E-state index in [0.717, 1.165) is 16.7 Å². The fraction of sp³-hybridized carbons (Fsp3) is 0.190. The van der Waals surface area contributed by atoms with E-state index < -0.39 is 17.1 Å². The van der Waals surface area contributed by atoms with E-state index in [2.05, 4.69) is 0 Å². The summed E-state index contributed by atoms with van der Waals surface area (Å²) >= 11 is 0.797. The van der Waals surface area contributed by atoms with Crippen LogP contribution in [0.15, 0.2) is 47.4 Å². The summed E-state index contributed by atoms with van der Waals surface area (Å²) in [5, 5.41) is 17.9. The number of carboxylic acids is 1. The fourth-order valence-corrected chi connectivity index (χ4v) is 3.57. The Kier molecular flexibility index (Phi) is 6.63. The van der Waals surface area contributed by atoms with Crippen LogP contribution in [0.5, 0.6) is 17.2 Å². The first kappa shape index (κ1) is 21.3. The number of carboxylic acid groups (broad SMARTS) is 1. The average molecular weight is 429 g/mol.